The first kappa shape index (κ1) is 23.4. The lowest BCUT2D eigenvalue weighted by Gasteiger charge is -2.17. The van der Waals surface area contributed by atoms with E-state index in [0.29, 0.717) is 35.3 Å². The summed E-state index contributed by atoms with van der Waals surface area (Å²) in [6.07, 6.45) is 6.41. The van der Waals surface area contributed by atoms with Gasteiger partial charge in [-0.3, -0.25) is 0 Å². The van der Waals surface area contributed by atoms with E-state index in [1.165, 1.54) is 20.0 Å². The SMILES string of the molecule is COC(=O)c1cccc(CSc2nc3cc(S(=O)(=O)N4CCCC4)ccc3n2C2CCCC2)c1. The van der Waals surface area contributed by atoms with Gasteiger partial charge < -0.3 is 9.30 Å². The van der Waals surface area contributed by atoms with Gasteiger partial charge in [0.25, 0.3) is 0 Å². The Bertz CT molecular complexity index is 1310. The molecule has 2 aromatic carbocycles. The van der Waals surface area contributed by atoms with Crippen molar-refractivity contribution in [1.82, 2.24) is 13.9 Å². The predicted molar refractivity (Wildman–Crippen MR) is 133 cm³/mol. The lowest BCUT2D eigenvalue weighted by atomic mass is 10.1. The van der Waals surface area contributed by atoms with Gasteiger partial charge in [0.05, 0.1) is 28.6 Å². The number of esters is 1. The second-order valence-electron chi connectivity index (χ2n) is 8.95. The van der Waals surface area contributed by atoms with Crippen molar-refractivity contribution >= 4 is 38.8 Å². The van der Waals surface area contributed by atoms with Crippen molar-refractivity contribution in [2.45, 2.75) is 60.4 Å². The molecule has 2 aliphatic rings. The number of carbonyl (C=O) groups excluding carboxylic acids is 1. The topological polar surface area (TPSA) is 81.5 Å². The first-order chi connectivity index (χ1) is 16.5. The predicted octanol–water partition coefficient (Wildman–Crippen LogP) is 5.01. The summed E-state index contributed by atoms with van der Waals surface area (Å²) >= 11 is 1.62. The summed E-state index contributed by atoms with van der Waals surface area (Å²) in [4.78, 5) is 17.1. The van der Waals surface area contributed by atoms with Crippen LogP contribution in [0, 0.1) is 0 Å². The number of benzene rings is 2. The van der Waals surface area contributed by atoms with E-state index in [1.54, 1.807) is 34.3 Å². The Morgan fingerprint density at radius 3 is 2.59 bits per heavy atom. The van der Waals surface area contributed by atoms with Crippen LogP contribution < -0.4 is 0 Å². The van der Waals surface area contributed by atoms with Crippen molar-refractivity contribution in [1.29, 1.82) is 0 Å². The molecule has 0 bridgehead atoms. The first-order valence-electron chi connectivity index (χ1n) is 11.8. The lowest BCUT2D eigenvalue weighted by Crippen LogP contribution is -2.27. The van der Waals surface area contributed by atoms with Gasteiger partial charge in [-0.25, -0.2) is 18.2 Å². The van der Waals surface area contributed by atoms with Crippen molar-refractivity contribution in [3.05, 3.63) is 53.6 Å². The van der Waals surface area contributed by atoms with Gasteiger partial charge in [0.15, 0.2) is 5.16 Å². The summed E-state index contributed by atoms with van der Waals surface area (Å²) in [5.74, 6) is 0.302. The molecule has 0 spiro atoms. The average Bonchev–Trinajstić information content (AvgIpc) is 3.62. The van der Waals surface area contributed by atoms with Crippen molar-refractivity contribution in [3.63, 3.8) is 0 Å². The number of fused-ring (bicyclic) bond motifs is 1. The van der Waals surface area contributed by atoms with E-state index in [-0.39, 0.29) is 5.97 Å². The monoisotopic (exact) mass is 499 g/mol. The average molecular weight is 500 g/mol. The largest absolute Gasteiger partial charge is 0.465 e. The van der Waals surface area contributed by atoms with Crippen molar-refractivity contribution in [2.24, 2.45) is 0 Å². The fraction of sp³-hybridized carbons (Fsp3) is 0.440. The molecule has 1 saturated carbocycles. The molecule has 0 atom stereocenters. The molecule has 5 rings (SSSR count). The molecule has 0 unspecified atom stereocenters. The molecule has 1 aromatic heterocycles. The van der Waals surface area contributed by atoms with Gasteiger partial charge in [-0.15, -0.1) is 0 Å². The molecule has 0 amide bonds. The molecule has 180 valence electrons. The van der Waals surface area contributed by atoms with E-state index in [0.717, 1.165) is 47.4 Å². The van der Waals surface area contributed by atoms with Gasteiger partial charge in [0, 0.05) is 24.9 Å². The highest BCUT2D eigenvalue weighted by Crippen LogP contribution is 2.38. The summed E-state index contributed by atoms with van der Waals surface area (Å²) < 4.78 is 34.9. The summed E-state index contributed by atoms with van der Waals surface area (Å²) in [6.45, 7) is 1.17. The summed E-state index contributed by atoms with van der Waals surface area (Å²) in [5.41, 5.74) is 3.24. The quantitative estimate of drug-likeness (QED) is 0.336. The van der Waals surface area contributed by atoms with Gasteiger partial charge in [0.1, 0.15) is 0 Å². The van der Waals surface area contributed by atoms with Gasteiger partial charge in [-0.2, -0.15) is 4.31 Å². The van der Waals surface area contributed by atoms with Crippen LogP contribution in [0.15, 0.2) is 52.5 Å². The van der Waals surface area contributed by atoms with Gasteiger partial charge >= 0.3 is 5.97 Å². The third-order valence-corrected chi connectivity index (χ3v) is 9.66. The Morgan fingerprint density at radius 1 is 1.09 bits per heavy atom. The van der Waals surface area contributed by atoms with Crippen LogP contribution in [-0.4, -0.2) is 48.4 Å². The van der Waals surface area contributed by atoms with Crippen LogP contribution in [0.1, 0.15) is 60.5 Å². The smallest absolute Gasteiger partial charge is 0.337 e. The van der Waals surface area contributed by atoms with Crippen LogP contribution in [-0.2, 0) is 20.5 Å². The summed E-state index contributed by atoms with van der Waals surface area (Å²) in [7, 11) is -2.11. The third kappa shape index (κ3) is 4.48. The molecule has 2 fully saturated rings. The third-order valence-electron chi connectivity index (χ3n) is 6.74. The zero-order valence-corrected chi connectivity index (χ0v) is 20.9. The summed E-state index contributed by atoms with van der Waals surface area (Å²) in [5, 5.41) is 0.890. The molecule has 3 aromatic rings. The zero-order valence-electron chi connectivity index (χ0n) is 19.3. The molecule has 0 radical (unpaired) electrons. The Balaban J connectivity index is 1.48. The number of aromatic nitrogens is 2. The molecule has 1 aliphatic heterocycles. The lowest BCUT2D eigenvalue weighted by molar-refractivity contribution is 0.0600. The second kappa shape index (κ2) is 9.71. The van der Waals surface area contributed by atoms with Crippen LogP contribution >= 0.6 is 11.8 Å². The number of hydrogen-bond donors (Lipinski definition) is 0. The fourth-order valence-corrected chi connectivity index (χ4v) is 7.53. The van der Waals surface area contributed by atoms with E-state index in [1.807, 2.05) is 24.3 Å². The number of hydrogen-bond acceptors (Lipinski definition) is 6. The summed E-state index contributed by atoms with van der Waals surface area (Å²) in [6, 6.07) is 13.2. The van der Waals surface area contributed by atoms with Crippen LogP contribution in [0.5, 0.6) is 0 Å². The van der Waals surface area contributed by atoms with Crippen molar-refractivity contribution < 1.29 is 17.9 Å². The Morgan fingerprint density at radius 2 is 1.85 bits per heavy atom. The van der Waals surface area contributed by atoms with Gasteiger partial charge in [0.2, 0.25) is 10.0 Å². The van der Waals surface area contributed by atoms with E-state index in [9.17, 15) is 13.2 Å². The minimum Gasteiger partial charge on any atom is -0.465 e. The number of sulfonamides is 1. The first-order valence-corrected chi connectivity index (χ1v) is 14.2. The van der Waals surface area contributed by atoms with Crippen LogP contribution in [0.25, 0.3) is 11.0 Å². The maximum Gasteiger partial charge on any atom is 0.337 e. The molecular formula is C25H29N3O4S2. The Hall–Kier alpha value is -2.36. The number of nitrogens with zero attached hydrogens (tertiary/aromatic N) is 3. The van der Waals surface area contributed by atoms with Crippen LogP contribution in [0.3, 0.4) is 0 Å². The molecule has 2 heterocycles. The van der Waals surface area contributed by atoms with Gasteiger partial charge in [-0.05, 0) is 61.6 Å². The highest BCUT2D eigenvalue weighted by molar-refractivity contribution is 7.98. The number of ether oxygens (including phenoxy) is 1. The maximum atomic E-state index is 13.1. The molecule has 7 nitrogen and oxygen atoms in total. The van der Waals surface area contributed by atoms with Gasteiger partial charge in [-0.1, -0.05) is 36.7 Å². The van der Waals surface area contributed by atoms with E-state index in [4.69, 9.17) is 9.72 Å². The highest BCUT2D eigenvalue weighted by atomic mass is 32.2. The van der Waals surface area contributed by atoms with E-state index >= 15 is 0 Å². The van der Waals surface area contributed by atoms with E-state index in [2.05, 4.69) is 4.57 Å². The maximum absolute atomic E-state index is 13.1. The fourth-order valence-electron chi connectivity index (χ4n) is 4.97. The Kier molecular flexibility index (Phi) is 6.68. The minimum atomic E-state index is -3.49. The number of methoxy groups -OCH3 is 1. The Labute approximate surface area is 204 Å². The molecule has 0 N–H and O–H groups in total. The number of thioether (sulfide) groups is 1. The standard InChI is InChI=1S/C25H29N3O4S2/c1-32-24(29)19-8-6-7-18(15-19)17-33-25-26-22-16-21(34(30,31)27-13-4-5-14-27)11-12-23(22)28(25)20-9-2-3-10-20/h6-8,11-12,15-16,20H,2-5,9-10,13-14,17H2,1H3. The second-order valence-corrected chi connectivity index (χ2v) is 11.8. The van der Waals surface area contributed by atoms with Crippen molar-refractivity contribution in [2.75, 3.05) is 20.2 Å². The molecule has 1 aliphatic carbocycles. The molecule has 1 saturated heterocycles. The van der Waals surface area contributed by atoms with Crippen LogP contribution in [0.4, 0.5) is 0 Å². The normalized spacial score (nSPS) is 17.6. The molecular weight excluding hydrogens is 470 g/mol. The number of rotatable bonds is 7. The van der Waals surface area contributed by atoms with Crippen molar-refractivity contribution in [3.8, 4) is 0 Å². The zero-order chi connectivity index (χ0) is 23.7. The minimum absolute atomic E-state index is 0.320. The van der Waals surface area contributed by atoms with E-state index < -0.39 is 10.0 Å². The van der Waals surface area contributed by atoms with Crippen LogP contribution in [0.2, 0.25) is 0 Å². The number of carbonyl (C=O) groups is 1. The molecule has 9 heteroatoms. The highest BCUT2D eigenvalue weighted by Gasteiger charge is 2.29. The molecule has 34 heavy (non-hydrogen) atoms. The number of imidazole rings is 1.